The first-order valence-corrected chi connectivity index (χ1v) is 5.07. The summed E-state index contributed by atoms with van der Waals surface area (Å²) in [7, 11) is 0. The van der Waals surface area contributed by atoms with E-state index in [9.17, 15) is 10.2 Å². The van der Waals surface area contributed by atoms with E-state index in [-0.39, 0.29) is 17.4 Å². The fraction of sp³-hybridized carbons (Fsp3) is 0.385. The first-order valence-electron chi connectivity index (χ1n) is 5.07. The maximum atomic E-state index is 10.1. The number of phenols is 2. The predicted molar refractivity (Wildman–Crippen MR) is 63.3 cm³/mol. The fourth-order valence-electron chi connectivity index (χ4n) is 1.74. The second kappa shape index (κ2) is 3.97. The molecule has 0 fully saturated rings. The van der Waals surface area contributed by atoms with E-state index >= 15 is 0 Å². The molecule has 0 radical (unpaired) electrons. The molecular weight excluding hydrogens is 188 g/mol. The molecule has 0 unspecified atom stereocenters. The third kappa shape index (κ3) is 1.99. The lowest BCUT2D eigenvalue weighted by Crippen LogP contribution is -1.95. The van der Waals surface area contributed by atoms with Gasteiger partial charge >= 0.3 is 0 Å². The van der Waals surface area contributed by atoms with Gasteiger partial charge in [0, 0.05) is 16.7 Å². The van der Waals surface area contributed by atoms with Crippen molar-refractivity contribution in [3.63, 3.8) is 0 Å². The largest absolute Gasteiger partial charge is 0.508 e. The molecule has 15 heavy (non-hydrogen) atoms. The summed E-state index contributed by atoms with van der Waals surface area (Å²) in [6.45, 7) is 11.4. The van der Waals surface area contributed by atoms with Crippen molar-refractivity contribution in [2.45, 2.75) is 33.6 Å². The van der Waals surface area contributed by atoms with Crippen LogP contribution in [0.4, 0.5) is 0 Å². The van der Waals surface area contributed by atoms with E-state index in [1.165, 1.54) is 0 Å². The highest BCUT2D eigenvalue weighted by molar-refractivity contribution is 5.73. The van der Waals surface area contributed by atoms with E-state index in [1.807, 2.05) is 20.8 Å². The summed E-state index contributed by atoms with van der Waals surface area (Å²) in [6, 6.07) is 1.63. The van der Waals surface area contributed by atoms with Gasteiger partial charge in [-0.1, -0.05) is 20.4 Å². The molecule has 1 aromatic rings. The Morgan fingerprint density at radius 1 is 1.33 bits per heavy atom. The van der Waals surface area contributed by atoms with Crippen molar-refractivity contribution in [2.75, 3.05) is 0 Å². The Kier molecular flexibility index (Phi) is 3.08. The first kappa shape index (κ1) is 11.6. The van der Waals surface area contributed by atoms with Crippen LogP contribution in [0.2, 0.25) is 0 Å². The lowest BCUT2D eigenvalue weighted by atomic mass is 9.92. The zero-order chi connectivity index (χ0) is 11.7. The van der Waals surface area contributed by atoms with E-state index in [1.54, 1.807) is 13.0 Å². The zero-order valence-corrected chi connectivity index (χ0v) is 9.76. The van der Waals surface area contributed by atoms with E-state index in [4.69, 9.17) is 0 Å². The molecule has 0 saturated heterocycles. The molecule has 82 valence electrons. The van der Waals surface area contributed by atoms with Gasteiger partial charge in [-0.3, -0.25) is 0 Å². The van der Waals surface area contributed by atoms with Crippen LogP contribution in [0.5, 0.6) is 11.5 Å². The number of hydrogen-bond acceptors (Lipinski definition) is 2. The lowest BCUT2D eigenvalue weighted by molar-refractivity contribution is 0.446. The molecule has 0 heterocycles. The Morgan fingerprint density at radius 2 is 1.87 bits per heavy atom. The first-order chi connectivity index (χ1) is 6.86. The molecule has 0 amide bonds. The van der Waals surface area contributed by atoms with Crippen molar-refractivity contribution in [1.29, 1.82) is 0 Å². The van der Waals surface area contributed by atoms with Crippen LogP contribution in [0.15, 0.2) is 12.6 Å². The quantitative estimate of drug-likeness (QED) is 0.726. The number of benzene rings is 1. The minimum atomic E-state index is 0.176. The van der Waals surface area contributed by atoms with Crippen molar-refractivity contribution in [2.24, 2.45) is 0 Å². The number of rotatable bonds is 2. The number of aromatic hydroxyl groups is 2. The van der Waals surface area contributed by atoms with Crippen molar-refractivity contribution in [1.82, 2.24) is 0 Å². The van der Waals surface area contributed by atoms with Gasteiger partial charge in [-0.15, -0.1) is 0 Å². The summed E-state index contributed by atoms with van der Waals surface area (Å²) >= 11 is 0. The van der Waals surface area contributed by atoms with Gasteiger partial charge in [-0.25, -0.2) is 0 Å². The van der Waals surface area contributed by atoms with E-state index in [0.29, 0.717) is 11.1 Å². The third-order valence-electron chi connectivity index (χ3n) is 2.61. The van der Waals surface area contributed by atoms with Crippen molar-refractivity contribution in [3.05, 3.63) is 29.3 Å². The second-order valence-electron chi connectivity index (χ2n) is 4.27. The molecule has 0 saturated carbocycles. The topological polar surface area (TPSA) is 40.5 Å². The van der Waals surface area contributed by atoms with Crippen molar-refractivity contribution in [3.8, 4) is 11.5 Å². The van der Waals surface area contributed by atoms with Gasteiger partial charge in [-0.05, 0) is 31.4 Å². The molecule has 1 rings (SSSR count). The maximum Gasteiger partial charge on any atom is 0.127 e. The second-order valence-corrected chi connectivity index (χ2v) is 4.27. The molecular formula is C13H18O2. The maximum absolute atomic E-state index is 10.1. The standard InChI is InChI=1S/C13H18O2/c1-7(2)10-6-11(14)9(5)12(8(3)4)13(10)15/h6-7,14-15H,3H2,1-2,4-5H3. The van der Waals surface area contributed by atoms with Gasteiger partial charge < -0.3 is 10.2 Å². The molecule has 0 aliphatic carbocycles. The summed E-state index contributed by atoms with van der Waals surface area (Å²) in [4.78, 5) is 0. The SMILES string of the molecule is C=C(C)c1c(C)c(O)cc(C(C)C)c1O. The zero-order valence-electron chi connectivity index (χ0n) is 9.76. The molecule has 0 aliphatic heterocycles. The molecule has 2 heteroatoms. The Hall–Kier alpha value is -1.44. The normalized spacial score (nSPS) is 10.7. The Labute approximate surface area is 90.9 Å². The number of phenolic OH excluding ortho intramolecular Hbond substituents is 2. The molecule has 0 aliphatic rings. The van der Waals surface area contributed by atoms with E-state index in [2.05, 4.69) is 6.58 Å². The van der Waals surface area contributed by atoms with Crippen LogP contribution in [0, 0.1) is 6.92 Å². The molecule has 2 N–H and O–H groups in total. The number of allylic oxidation sites excluding steroid dienone is 1. The molecule has 2 nitrogen and oxygen atoms in total. The Bertz CT molecular complexity index is 403. The van der Waals surface area contributed by atoms with Crippen LogP contribution in [0.3, 0.4) is 0 Å². The molecule has 1 aromatic carbocycles. The lowest BCUT2D eigenvalue weighted by Gasteiger charge is -2.16. The van der Waals surface area contributed by atoms with Crippen LogP contribution in [-0.2, 0) is 0 Å². The minimum absolute atomic E-state index is 0.176. The summed E-state index contributed by atoms with van der Waals surface area (Å²) in [5.74, 6) is 0.636. The Morgan fingerprint density at radius 3 is 2.27 bits per heavy atom. The fourth-order valence-corrected chi connectivity index (χ4v) is 1.74. The summed E-state index contributed by atoms with van der Waals surface area (Å²) < 4.78 is 0. The predicted octanol–water partition coefficient (Wildman–Crippen LogP) is 3.56. The van der Waals surface area contributed by atoms with Crippen LogP contribution < -0.4 is 0 Å². The van der Waals surface area contributed by atoms with E-state index < -0.39 is 0 Å². The highest BCUT2D eigenvalue weighted by Gasteiger charge is 2.16. The monoisotopic (exact) mass is 206 g/mol. The highest BCUT2D eigenvalue weighted by atomic mass is 16.3. The smallest absolute Gasteiger partial charge is 0.127 e. The van der Waals surface area contributed by atoms with Gasteiger partial charge in [0.15, 0.2) is 0 Å². The van der Waals surface area contributed by atoms with Crippen LogP contribution >= 0.6 is 0 Å². The molecule has 0 bridgehead atoms. The van der Waals surface area contributed by atoms with Gasteiger partial charge in [-0.2, -0.15) is 0 Å². The highest BCUT2D eigenvalue weighted by Crippen LogP contribution is 2.39. The van der Waals surface area contributed by atoms with Crippen LogP contribution in [0.25, 0.3) is 5.57 Å². The molecule has 0 atom stereocenters. The van der Waals surface area contributed by atoms with Gasteiger partial charge in [0.05, 0.1) is 0 Å². The van der Waals surface area contributed by atoms with Crippen molar-refractivity contribution < 1.29 is 10.2 Å². The van der Waals surface area contributed by atoms with Gasteiger partial charge in [0.25, 0.3) is 0 Å². The average molecular weight is 206 g/mol. The summed E-state index contributed by atoms with van der Waals surface area (Å²) in [6.07, 6.45) is 0. The van der Waals surface area contributed by atoms with Crippen LogP contribution in [0.1, 0.15) is 43.4 Å². The average Bonchev–Trinajstić information content (AvgIpc) is 2.10. The van der Waals surface area contributed by atoms with Crippen molar-refractivity contribution >= 4 is 5.57 Å². The van der Waals surface area contributed by atoms with Crippen LogP contribution in [-0.4, -0.2) is 10.2 Å². The van der Waals surface area contributed by atoms with E-state index in [0.717, 1.165) is 11.1 Å². The Balaban J connectivity index is 3.56. The summed E-state index contributed by atoms with van der Waals surface area (Å²) in [5, 5.41) is 19.8. The molecule has 0 spiro atoms. The number of hydrogen-bond donors (Lipinski definition) is 2. The van der Waals surface area contributed by atoms with Gasteiger partial charge in [0.2, 0.25) is 0 Å². The van der Waals surface area contributed by atoms with Gasteiger partial charge in [0.1, 0.15) is 11.5 Å². The molecule has 0 aromatic heterocycles. The summed E-state index contributed by atoms with van der Waals surface area (Å²) in [5.41, 5.74) is 2.88. The minimum Gasteiger partial charge on any atom is -0.508 e. The third-order valence-corrected chi connectivity index (χ3v) is 2.61.